The summed E-state index contributed by atoms with van der Waals surface area (Å²) in [7, 11) is 0. The van der Waals surface area contributed by atoms with Gasteiger partial charge >= 0.3 is 0 Å². The van der Waals surface area contributed by atoms with Crippen molar-refractivity contribution in [3.8, 4) is 5.75 Å². The molecule has 158 valence electrons. The highest BCUT2D eigenvalue weighted by atomic mass is 79.9. The maximum absolute atomic E-state index is 12.4. The summed E-state index contributed by atoms with van der Waals surface area (Å²) in [4.78, 5) is 12.4. The number of carbonyl (C=O) groups excluding carboxylic acids is 1. The molecule has 0 fully saturated rings. The molecular formula is C22H25BrN4O2S. The smallest absolute Gasteiger partial charge is 0.234 e. The summed E-state index contributed by atoms with van der Waals surface area (Å²) < 4.78 is 8.99. The zero-order chi connectivity index (χ0) is 21.7. The highest BCUT2D eigenvalue weighted by Crippen LogP contribution is 2.26. The molecule has 3 rings (SSSR count). The van der Waals surface area contributed by atoms with Gasteiger partial charge in [-0.05, 0) is 63.6 Å². The molecule has 1 aromatic heterocycles. The number of nitrogens with zero attached hydrogens (tertiary/aromatic N) is 3. The summed E-state index contributed by atoms with van der Waals surface area (Å²) in [5.41, 5.74) is 3.05. The molecule has 0 bridgehead atoms. The number of rotatable bonds is 8. The molecule has 2 aromatic carbocycles. The van der Waals surface area contributed by atoms with Crippen LogP contribution in [-0.2, 0) is 11.3 Å². The summed E-state index contributed by atoms with van der Waals surface area (Å²) >= 11 is 4.79. The van der Waals surface area contributed by atoms with Crippen LogP contribution in [0.5, 0.6) is 5.75 Å². The van der Waals surface area contributed by atoms with Crippen LogP contribution in [0.2, 0.25) is 0 Å². The van der Waals surface area contributed by atoms with Crippen molar-refractivity contribution in [2.75, 3.05) is 11.1 Å². The van der Waals surface area contributed by atoms with Crippen LogP contribution >= 0.6 is 27.7 Å². The third kappa shape index (κ3) is 5.64. The van der Waals surface area contributed by atoms with E-state index in [1.54, 1.807) is 0 Å². The number of aryl methyl sites for hydroxylation is 2. The Bertz CT molecular complexity index is 1020. The normalized spacial score (nSPS) is 11.9. The highest BCUT2D eigenvalue weighted by Gasteiger charge is 2.19. The largest absolute Gasteiger partial charge is 0.483 e. The molecule has 3 aromatic rings. The molecule has 0 spiro atoms. The molecule has 1 heterocycles. The van der Waals surface area contributed by atoms with E-state index in [9.17, 15) is 4.79 Å². The lowest BCUT2D eigenvalue weighted by Crippen LogP contribution is -2.16. The number of nitrogens with one attached hydrogen (secondary N) is 1. The number of benzene rings is 2. The fraction of sp³-hybridized carbons (Fsp3) is 0.318. The lowest BCUT2D eigenvalue weighted by molar-refractivity contribution is -0.113. The van der Waals surface area contributed by atoms with E-state index in [0.29, 0.717) is 11.7 Å². The summed E-state index contributed by atoms with van der Waals surface area (Å²) in [6.45, 7) is 8.68. The van der Waals surface area contributed by atoms with Crippen LogP contribution in [-0.4, -0.2) is 26.4 Å². The first-order chi connectivity index (χ1) is 14.4. The summed E-state index contributed by atoms with van der Waals surface area (Å²) in [5.74, 6) is 1.68. The number of aromatic nitrogens is 3. The van der Waals surface area contributed by atoms with Gasteiger partial charge in [0.25, 0.3) is 0 Å². The maximum Gasteiger partial charge on any atom is 0.234 e. The topological polar surface area (TPSA) is 69.0 Å². The van der Waals surface area contributed by atoms with Gasteiger partial charge < -0.3 is 14.6 Å². The number of ether oxygens (including phenoxy) is 1. The van der Waals surface area contributed by atoms with E-state index >= 15 is 0 Å². The van der Waals surface area contributed by atoms with Crippen molar-refractivity contribution >= 4 is 39.3 Å². The number of hydrogen-bond donors (Lipinski definition) is 1. The molecule has 0 saturated heterocycles. The predicted molar refractivity (Wildman–Crippen MR) is 124 cm³/mol. The zero-order valence-corrected chi connectivity index (χ0v) is 19.9. The van der Waals surface area contributed by atoms with Crippen molar-refractivity contribution < 1.29 is 9.53 Å². The first kappa shape index (κ1) is 22.4. The monoisotopic (exact) mass is 488 g/mol. The second-order valence-electron chi connectivity index (χ2n) is 6.95. The number of amides is 1. The molecule has 0 aliphatic heterocycles. The Morgan fingerprint density at radius 2 is 1.93 bits per heavy atom. The quantitative estimate of drug-likeness (QED) is 0.421. The minimum absolute atomic E-state index is 0.0710. The molecule has 0 aliphatic carbocycles. The van der Waals surface area contributed by atoms with Crippen LogP contribution < -0.4 is 10.1 Å². The van der Waals surface area contributed by atoms with Gasteiger partial charge in [0.15, 0.2) is 17.1 Å². The summed E-state index contributed by atoms with van der Waals surface area (Å²) in [6, 6.07) is 13.6. The Labute approximate surface area is 189 Å². The molecule has 0 radical (unpaired) electrons. The Hall–Kier alpha value is -2.32. The summed E-state index contributed by atoms with van der Waals surface area (Å²) in [5, 5.41) is 12.3. The number of halogens is 1. The minimum atomic E-state index is -0.267. The number of thioether (sulfide) groups is 1. The average molecular weight is 489 g/mol. The molecule has 1 amide bonds. The first-order valence-electron chi connectivity index (χ1n) is 9.72. The van der Waals surface area contributed by atoms with Crippen molar-refractivity contribution in [2.45, 2.75) is 45.5 Å². The number of hydrogen-bond acceptors (Lipinski definition) is 5. The molecular weight excluding hydrogens is 464 g/mol. The second-order valence-corrected chi connectivity index (χ2v) is 8.81. The molecule has 1 unspecified atom stereocenters. The molecule has 8 heteroatoms. The molecule has 0 aliphatic rings. The second kappa shape index (κ2) is 10.1. The Balaban J connectivity index is 1.63. The van der Waals surface area contributed by atoms with Crippen LogP contribution in [0, 0.1) is 13.8 Å². The van der Waals surface area contributed by atoms with Gasteiger partial charge in [0.2, 0.25) is 5.91 Å². The van der Waals surface area contributed by atoms with Gasteiger partial charge in [0.05, 0.1) is 5.75 Å². The SMILES string of the molecule is CCn1c(SCC(=O)Nc2ccc(C)cc2C)nnc1C(C)Oc1ccc(Br)cc1. The van der Waals surface area contributed by atoms with Crippen LogP contribution in [0.4, 0.5) is 5.69 Å². The molecule has 1 N–H and O–H groups in total. The maximum atomic E-state index is 12.4. The van der Waals surface area contributed by atoms with Crippen LogP contribution in [0.3, 0.4) is 0 Å². The van der Waals surface area contributed by atoms with Crippen LogP contribution in [0.1, 0.15) is 36.9 Å². The van der Waals surface area contributed by atoms with Crippen molar-refractivity contribution in [3.63, 3.8) is 0 Å². The molecule has 0 saturated carbocycles. The van der Waals surface area contributed by atoms with Crippen LogP contribution in [0.25, 0.3) is 0 Å². The van der Waals surface area contributed by atoms with Crippen molar-refractivity contribution in [1.82, 2.24) is 14.8 Å². The molecule has 1 atom stereocenters. The third-order valence-corrected chi connectivity index (χ3v) is 6.04. The fourth-order valence-corrected chi connectivity index (χ4v) is 4.12. The van der Waals surface area contributed by atoms with Crippen molar-refractivity contribution in [3.05, 3.63) is 63.9 Å². The van der Waals surface area contributed by atoms with E-state index in [1.165, 1.54) is 17.3 Å². The van der Waals surface area contributed by atoms with E-state index in [-0.39, 0.29) is 17.8 Å². The Morgan fingerprint density at radius 1 is 1.20 bits per heavy atom. The fourth-order valence-electron chi connectivity index (χ4n) is 3.04. The van der Waals surface area contributed by atoms with Crippen molar-refractivity contribution in [1.29, 1.82) is 0 Å². The van der Waals surface area contributed by atoms with Gasteiger partial charge in [-0.3, -0.25) is 4.79 Å². The average Bonchev–Trinajstić information content (AvgIpc) is 3.13. The third-order valence-electron chi connectivity index (χ3n) is 4.54. The van der Waals surface area contributed by atoms with Gasteiger partial charge in [-0.2, -0.15) is 0 Å². The predicted octanol–water partition coefficient (Wildman–Crippen LogP) is 5.55. The van der Waals surface area contributed by atoms with Gasteiger partial charge in [0, 0.05) is 16.7 Å². The van der Waals surface area contributed by atoms with Gasteiger partial charge in [-0.1, -0.05) is 45.4 Å². The van der Waals surface area contributed by atoms with Gasteiger partial charge in [-0.15, -0.1) is 10.2 Å². The van der Waals surface area contributed by atoms with E-state index in [2.05, 4.69) is 37.5 Å². The number of carbonyl (C=O) groups is 1. The Morgan fingerprint density at radius 3 is 2.60 bits per heavy atom. The molecule has 30 heavy (non-hydrogen) atoms. The van der Waals surface area contributed by atoms with Gasteiger partial charge in [-0.25, -0.2) is 0 Å². The number of anilines is 1. The van der Waals surface area contributed by atoms with E-state index in [0.717, 1.165) is 27.3 Å². The molecule has 6 nitrogen and oxygen atoms in total. The lowest BCUT2D eigenvalue weighted by Gasteiger charge is -2.15. The van der Waals surface area contributed by atoms with E-state index in [4.69, 9.17) is 4.74 Å². The lowest BCUT2D eigenvalue weighted by atomic mass is 10.1. The summed E-state index contributed by atoms with van der Waals surface area (Å²) in [6.07, 6.45) is -0.267. The first-order valence-corrected chi connectivity index (χ1v) is 11.5. The van der Waals surface area contributed by atoms with Gasteiger partial charge in [0.1, 0.15) is 5.75 Å². The zero-order valence-electron chi connectivity index (χ0n) is 17.5. The van der Waals surface area contributed by atoms with Crippen LogP contribution in [0.15, 0.2) is 52.1 Å². The Kier molecular flexibility index (Phi) is 7.55. The minimum Gasteiger partial charge on any atom is -0.483 e. The van der Waals surface area contributed by atoms with E-state index < -0.39 is 0 Å². The van der Waals surface area contributed by atoms with E-state index in [1.807, 2.05) is 68.7 Å². The standard InChI is InChI=1S/C22H25BrN4O2S/c1-5-27-21(16(4)29-18-9-7-17(23)8-10-18)25-26-22(27)30-13-20(28)24-19-11-6-14(2)12-15(19)3/h6-12,16H,5,13H2,1-4H3,(H,24,28). The highest BCUT2D eigenvalue weighted by molar-refractivity contribution is 9.10. The van der Waals surface area contributed by atoms with Crippen molar-refractivity contribution in [2.24, 2.45) is 0 Å².